The van der Waals surface area contributed by atoms with Crippen molar-refractivity contribution in [1.29, 1.82) is 0 Å². The van der Waals surface area contributed by atoms with Crippen LogP contribution in [0.2, 0.25) is 0 Å². The van der Waals surface area contributed by atoms with Crippen molar-refractivity contribution in [2.75, 3.05) is 52.4 Å². The quantitative estimate of drug-likeness (QED) is 0.789. The molecule has 3 nitrogen and oxygen atoms in total. The monoisotopic (exact) mass is 321 g/mol. The van der Waals surface area contributed by atoms with Gasteiger partial charge in [-0.25, -0.2) is 8.78 Å². The molecule has 134 valence electrons. The molecule has 0 N–H and O–H groups in total. The highest BCUT2D eigenvalue weighted by molar-refractivity contribution is 4.94. The van der Waals surface area contributed by atoms with Crippen LogP contribution in [0.25, 0.3) is 0 Å². The van der Waals surface area contributed by atoms with E-state index in [1.807, 2.05) is 44.4 Å². The molecule has 5 heteroatoms. The highest BCUT2D eigenvalue weighted by atomic mass is 19.3. The topological polar surface area (TPSA) is 9.72 Å². The lowest BCUT2D eigenvalue weighted by atomic mass is 9.98. The summed E-state index contributed by atoms with van der Waals surface area (Å²) in [6.07, 6.45) is 0.604. The lowest BCUT2D eigenvalue weighted by molar-refractivity contribution is -0.132. The predicted molar refractivity (Wildman–Crippen MR) is 91.8 cm³/mol. The summed E-state index contributed by atoms with van der Waals surface area (Å²) in [6.45, 7) is 18.0. The molecule has 2 aliphatic heterocycles. The maximum Gasteiger partial charge on any atom is 0.275 e. The van der Waals surface area contributed by atoms with Crippen LogP contribution in [0.15, 0.2) is 0 Å². The summed E-state index contributed by atoms with van der Waals surface area (Å²) in [5.41, 5.74) is 0. The minimum Gasteiger partial charge on any atom is -0.301 e. The van der Waals surface area contributed by atoms with E-state index in [-0.39, 0.29) is 6.54 Å². The fourth-order valence-electron chi connectivity index (χ4n) is 3.11. The Morgan fingerprint density at radius 3 is 1.73 bits per heavy atom. The SMILES string of the molecule is CC.CC.CCN1CCN(C2CCN(CC)CC2(F)F)CC1. The van der Waals surface area contributed by atoms with Gasteiger partial charge in [-0.15, -0.1) is 0 Å². The van der Waals surface area contributed by atoms with Gasteiger partial charge in [-0.2, -0.15) is 0 Å². The van der Waals surface area contributed by atoms with E-state index in [1.54, 1.807) is 0 Å². The molecule has 2 fully saturated rings. The lowest BCUT2D eigenvalue weighted by Gasteiger charge is -2.46. The molecule has 0 aromatic rings. The van der Waals surface area contributed by atoms with E-state index in [9.17, 15) is 8.78 Å². The first-order valence-electron chi connectivity index (χ1n) is 9.13. The van der Waals surface area contributed by atoms with Crippen LogP contribution in [-0.4, -0.2) is 79.0 Å². The number of rotatable bonds is 3. The van der Waals surface area contributed by atoms with Crippen molar-refractivity contribution in [3.8, 4) is 0 Å². The number of likely N-dealkylation sites (tertiary alicyclic amines) is 1. The first-order chi connectivity index (χ1) is 10.6. The largest absolute Gasteiger partial charge is 0.301 e. The first-order valence-corrected chi connectivity index (χ1v) is 9.13. The van der Waals surface area contributed by atoms with Crippen LogP contribution in [-0.2, 0) is 0 Å². The molecule has 0 radical (unpaired) electrons. The predicted octanol–water partition coefficient (Wildman–Crippen LogP) is 3.41. The molecule has 2 saturated heterocycles. The van der Waals surface area contributed by atoms with E-state index in [1.165, 1.54) is 0 Å². The zero-order valence-electron chi connectivity index (χ0n) is 15.5. The van der Waals surface area contributed by atoms with Crippen LogP contribution >= 0.6 is 0 Å². The molecule has 0 spiro atoms. The lowest BCUT2D eigenvalue weighted by Crippen LogP contribution is -2.61. The van der Waals surface area contributed by atoms with E-state index in [2.05, 4.69) is 11.8 Å². The van der Waals surface area contributed by atoms with Crippen LogP contribution in [0, 0.1) is 0 Å². The molecule has 0 bridgehead atoms. The highest BCUT2D eigenvalue weighted by Crippen LogP contribution is 2.31. The minimum absolute atomic E-state index is 0.0673. The van der Waals surface area contributed by atoms with E-state index < -0.39 is 12.0 Å². The summed E-state index contributed by atoms with van der Waals surface area (Å²) in [5, 5.41) is 0. The number of piperidine rings is 1. The van der Waals surface area contributed by atoms with Crippen LogP contribution < -0.4 is 0 Å². The Kier molecular flexibility index (Phi) is 11.2. The zero-order valence-corrected chi connectivity index (χ0v) is 15.5. The van der Waals surface area contributed by atoms with Crippen molar-refractivity contribution in [2.24, 2.45) is 0 Å². The molecule has 0 aliphatic carbocycles. The number of likely N-dealkylation sites (N-methyl/N-ethyl adjacent to an activating group) is 1. The van der Waals surface area contributed by atoms with Gasteiger partial charge in [0.1, 0.15) is 0 Å². The molecule has 2 rings (SSSR count). The molecular formula is C17H37F2N3. The van der Waals surface area contributed by atoms with Gasteiger partial charge in [-0.3, -0.25) is 9.80 Å². The highest BCUT2D eigenvalue weighted by Gasteiger charge is 2.47. The van der Waals surface area contributed by atoms with Crippen molar-refractivity contribution in [1.82, 2.24) is 14.7 Å². The molecule has 0 saturated carbocycles. The van der Waals surface area contributed by atoms with Crippen LogP contribution in [0.5, 0.6) is 0 Å². The smallest absolute Gasteiger partial charge is 0.275 e. The van der Waals surface area contributed by atoms with Gasteiger partial charge in [-0.1, -0.05) is 41.5 Å². The van der Waals surface area contributed by atoms with Crippen LogP contribution in [0.1, 0.15) is 48.0 Å². The second-order valence-corrected chi connectivity index (χ2v) is 5.40. The fraction of sp³-hybridized carbons (Fsp3) is 1.00. The average Bonchev–Trinajstić information content (AvgIpc) is 2.57. The molecule has 0 amide bonds. The summed E-state index contributed by atoms with van der Waals surface area (Å²) in [6, 6.07) is -0.542. The van der Waals surface area contributed by atoms with Gasteiger partial charge in [0.2, 0.25) is 0 Å². The Hall–Kier alpha value is -0.260. The van der Waals surface area contributed by atoms with Gasteiger partial charge < -0.3 is 4.90 Å². The standard InChI is InChI=1S/C13H25F2N3.2C2H6/c1-3-16-7-9-18(10-8-16)12-5-6-17(4-2)11-13(12,14)15;2*1-2/h12H,3-11H2,1-2H3;2*1-2H3. The summed E-state index contributed by atoms with van der Waals surface area (Å²) >= 11 is 0. The summed E-state index contributed by atoms with van der Waals surface area (Å²) < 4.78 is 28.3. The van der Waals surface area contributed by atoms with Crippen molar-refractivity contribution in [3.05, 3.63) is 0 Å². The van der Waals surface area contributed by atoms with Crippen molar-refractivity contribution >= 4 is 0 Å². The van der Waals surface area contributed by atoms with Crippen LogP contribution in [0.4, 0.5) is 8.78 Å². The van der Waals surface area contributed by atoms with Crippen molar-refractivity contribution in [3.63, 3.8) is 0 Å². The second kappa shape index (κ2) is 11.3. The Bertz CT molecular complexity index is 267. The number of hydrogen-bond donors (Lipinski definition) is 0. The average molecular weight is 322 g/mol. The van der Waals surface area contributed by atoms with E-state index in [0.717, 1.165) is 45.8 Å². The maximum atomic E-state index is 14.2. The van der Waals surface area contributed by atoms with E-state index in [0.29, 0.717) is 6.42 Å². The number of halogens is 2. The van der Waals surface area contributed by atoms with Gasteiger partial charge in [0.05, 0.1) is 12.6 Å². The Balaban J connectivity index is 0.00000102. The molecule has 0 aromatic carbocycles. The third-order valence-electron chi connectivity index (χ3n) is 4.38. The van der Waals surface area contributed by atoms with Crippen molar-refractivity contribution in [2.45, 2.75) is 59.9 Å². The number of piperazine rings is 1. The Labute approximate surface area is 136 Å². The van der Waals surface area contributed by atoms with Gasteiger partial charge in [0.15, 0.2) is 0 Å². The molecule has 2 heterocycles. The molecule has 1 atom stereocenters. The second-order valence-electron chi connectivity index (χ2n) is 5.40. The van der Waals surface area contributed by atoms with Crippen molar-refractivity contribution < 1.29 is 8.78 Å². The van der Waals surface area contributed by atoms with Crippen LogP contribution in [0.3, 0.4) is 0 Å². The van der Waals surface area contributed by atoms with E-state index >= 15 is 0 Å². The summed E-state index contributed by atoms with van der Waals surface area (Å²) in [7, 11) is 0. The first kappa shape index (κ1) is 21.7. The maximum absolute atomic E-state index is 14.2. The number of alkyl halides is 2. The minimum atomic E-state index is -2.55. The molecule has 1 unspecified atom stereocenters. The van der Waals surface area contributed by atoms with Gasteiger partial charge >= 0.3 is 0 Å². The fourth-order valence-corrected chi connectivity index (χ4v) is 3.11. The van der Waals surface area contributed by atoms with Gasteiger partial charge in [-0.05, 0) is 19.5 Å². The Morgan fingerprint density at radius 2 is 1.32 bits per heavy atom. The third kappa shape index (κ3) is 6.09. The summed E-state index contributed by atoms with van der Waals surface area (Å²) in [4.78, 5) is 6.20. The number of hydrogen-bond acceptors (Lipinski definition) is 3. The molecular weight excluding hydrogens is 284 g/mol. The molecule has 0 aromatic heterocycles. The normalized spacial score (nSPS) is 26.5. The zero-order chi connectivity index (χ0) is 17.2. The van der Waals surface area contributed by atoms with E-state index in [4.69, 9.17) is 0 Å². The van der Waals surface area contributed by atoms with Gasteiger partial charge in [0.25, 0.3) is 5.92 Å². The summed E-state index contributed by atoms with van der Waals surface area (Å²) in [5.74, 6) is -2.55. The van der Waals surface area contributed by atoms with Gasteiger partial charge in [0, 0.05) is 32.7 Å². The number of nitrogens with zero attached hydrogens (tertiary/aromatic N) is 3. The molecule has 22 heavy (non-hydrogen) atoms. The third-order valence-corrected chi connectivity index (χ3v) is 4.38. The molecule has 2 aliphatic rings. The Morgan fingerprint density at radius 1 is 0.818 bits per heavy atom.